The molecule has 2 rings (SSSR count). The molecule has 1 aliphatic rings. The van der Waals surface area contributed by atoms with Crippen molar-refractivity contribution < 1.29 is 0 Å². The smallest absolute Gasteiger partial charge is 0.129 e. The second-order valence-corrected chi connectivity index (χ2v) is 4.29. The van der Waals surface area contributed by atoms with Gasteiger partial charge in [-0.1, -0.05) is 44.7 Å². The van der Waals surface area contributed by atoms with E-state index in [9.17, 15) is 0 Å². The first kappa shape index (κ1) is 11.2. The summed E-state index contributed by atoms with van der Waals surface area (Å²) in [5.74, 6) is 1.01. The minimum absolute atomic E-state index is 1.01. The Bertz CT molecular complexity index is 369. The van der Waals surface area contributed by atoms with Crippen LogP contribution in [0, 0.1) is 0 Å². The summed E-state index contributed by atoms with van der Waals surface area (Å²) in [4.78, 5) is 4.52. The predicted octanol–water partition coefficient (Wildman–Crippen LogP) is 4.33. The Balaban J connectivity index is 1.74. The first-order valence-corrected chi connectivity index (χ1v) is 6.28. The highest BCUT2D eigenvalue weighted by Gasteiger charge is 2.13. The standard InChI is InChI=1S/C14H19N2/c1-2-3-4-5-6-11-14-15-12-9-7-8-10-13(12)16-14/h7-10H,2-6,11H2,1H3. The minimum Gasteiger partial charge on any atom is -0.231 e. The Morgan fingerprint density at radius 3 is 2.44 bits per heavy atom. The van der Waals surface area contributed by atoms with Gasteiger partial charge in [-0.3, -0.25) is 0 Å². The van der Waals surface area contributed by atoms with Crippen LogP contribution in [0.3, 0.4) is 0 Å². The zero-order valence-corrected chi connectivity index (χ0v) is 9.95. The topological polar surface area (TPSA) is 26.5 Å². The molecule has 85 valence electrons. The molecule has 0 unspecified atom stereocenters. The molecule has 0 bridgehead atoms. The molecule has 0 N–H and O–H groups in total. The lowest BCUT2D eigenvalue weighted by atomic mass is 10.1. The third-order valence-electron chi connectivity index (χ3n) is 2.88. The number of fused-ring (bicyclic) bond motifs is 1. The second kappa shape index (κ2) is 5.69. The molecule has 2 heteroatoms. The molecule has 1 heterocycles. The van der Waals surface area contributed by atoms with Crippen LogP contribution < -0.4 is 5.32 Å². The maximum absolute atomic E-state index is 4.52. The molecule has 0 aliphatic carbocycles. The highest BCUT2D eigenvalue weighted by molar-refractivity contribution is 5.95. The van der Waals surface area contributed by atoms with E-state index in [0.29, 0.717) is 0 Å². The molecule has 0 spiro atoms. The summed E-state index contributed by atoms with van der Waals surface area (Å²) in [5.41, 5.74) is 2.07. The number of nitrogens with zero attached hydrogens (tertiary/aromatic N) is 2. The molecule has 0 amide bonds. The van der Waals surface area contributed by atoms with E-state index in [1.807, 2.05) is 24.3 Å². The Hall–Kier alpha value is -1.31. The summed E-state index contributed by atoms with van der Waals surface area (Å²) in [7, 11) is 0. The number of para-hydroxylation sites is 2. The molecule has 16 heavy (non-hydrogen) atoms. The van der Waals surface area contributed by atoms with Crippen molar-refractivity contribution in [2.45, 2.75) is 45.4 Å². The van der Waals surface area contributed by atoms with E-state index in [1.54, 1.807) is 0 Å². The highest BCUT2D eigenvalue weighted by atomic mass is 15.1. The van der Waals surface area contributed by atoms with E-state index in [4.69, 9.17) is 0 Å². The number of amidine groups is 1. The Labute approximate surface area is 97.8 Å². The van der Waals surface area contributed by atoms with Crippen molar-refractivity contribution in [2.75, 3.05) is 0 Å². The highest BCUT2D eigenvalue weighted by Crippen LogP contribution is 2.30. The van der Waals surface area contributed by atoms with Gasteiger partial charge in [0, 0.05) is 6.42 Å². The molecule has 0 atom stereocenters. The van der Waals surface area contributed by atoms with Gasteiger partial charge in [0.1, 0.15) is 5.84 Å². The number of benzene rings is 1. The fourth-order valence-electron chi connectivity index (χ4n) is 1.95. The van der Waals surface area contributed by atoms with E-state index in [1.165, 1.54) is 32.1 Å². The molecule has 0 aromatic heterocycles. The summed E-state index contributed by atoms with van der Waals surface area (Å²) in [6.45, 7) is 2.24. The number of unbranched alkanes of at least 4 members (excludes halogenated alkanes) is 4. The van der Waals surface area contributed by atoms with Gasteiger partial charge in [-0.05, 0) is 18.6 Å². The van der Waals surface area contributed by atoms with Gasteiger partial charge in [0.15, 0.2) is 0 Å². The average molecular weight is 215 g/mol. The molecular weight excluding hydrogens is 196 g/mol. The molecule has 0 saturated heterocycles. The van der Waals surface area contributed by atoms with Crippen LogP contribution >= 0.6 is 0 Å². The normalized spacial score (nSPS) is 13.2. The number of aliphatic imine (C=N–C) groups is 1. The number of hydrogen-bond donors (Lipinski definition) is 0. The van der Waals surface area contributed by atoms with Gasteiger partial charge in [0.25, 0.3) is 0 Å². The average Bonchev–Trinajstić information content (AvgIpc) is 2.71. The summed E-state index contributed by atoms with van der Waals surface area (Å²) >= 11 is 0. The van der Waals surface area contributed by atoms with Crippen molar-refractivity contribution in [1.29, 1.82) is 0 Å². The summed E-state index contributed by atoms with van der Waals surface area (Å²) in [6.07, 6.45) is 7.55. The largest absolute Gasteiger partial charge is 0.231 e. The Morgan fingerprint density at radius 2 is 1.69 bits per heavy atom. The summed E-state index contributed by atoms with van der Waals surface area (Å²) in [5, 5.41) is 4.52. The number of rotatable bonds is 6. The third-order valence-corrected chi connectivity index (χ3v) is 2.88. The lowest BCUT2D eigenvalue weighted by Gasteiger charge is -2.00. The van der Waals surface area contributed by atoms with Gasteiger partial charge < -0.3 is 0 Å². The maximum atomic E-state index is 4.52. The van der Waals surface area contributed by atoms with Crippen LogP contribution in [0.25, 0.3) is 0 Å². The van der Waals surface area contributed by atoms with Crippen LogP contribution in [0.15, 0.2) is 29.3 Å². The van der Waals surface area contributed by atoms with Crippen molar-refractivity contribution in [3.05, 3.63) is 24.3 Å². The zero-order valence-electron chi connectivity index (χ0n) is 9.95. The Morgan fingerprint density at radius 1 is 0.938 bits per heavy atom. The molecule has 1 aromatic carbocycles. The van der Waals surface area contributed by atoms with Crippen molar-refractivity contribution in [3.8, 4) is 0 Å². The lowest BCUT2D eigenvalue weighted by Crippen LogP contribution is -2.05. The molecule has 1 radical (unpaired) electrons. The van der Waals surface area contributed by atoms with Crippen LogP contribution in [0.5, 0.6) is 0 Å². The quantitative estimate of drug-likeness (QED) is 0.632. The van der Waals surface area contributed by atoms with Gasteiger partial charge >= 0.3 is 0 Å². The first-order valence-electron chi connectivity index (χ1n) is 6.28. The van der Waals surface area contributed by atoms with E-state index in [2.05, 4.69) is 17.2 Å². The lowest BCUT2D eigenvalue weighted by molar-refractivity contribution is 0.641. The van der Waals surface area contributed by atoms with E-state index >= 15 is 0 Å². The zero-order chi connectivity index (χ0) is 11.2. The monoisotopic (exact) mass is 215 g/mol. The van der Waals surface area contributed by atoms with Crippen molar-refractivity contribution >= 4 is 17.2 Å². The molecule has 1 aliphatic heterocycles. The van der Waals surface area contributed by atoms with Crippen molar-refractivity contribution in [3.63, 3.8) is 0 Å². The van der Waals surface area contributed by atoms with Crippen molar-refractivity contribution in [2.24, 2.45) is 4.99 Å². The molecule has 0 fully saturated rings. The van der Waals surface area contributed by atoms with Gasteiger partial charge in [0.2, 0.25) is 0 Å². The maximum Gasteiger partial charge on any atom is 0.129 e. The van der Waals surface area contributed by atoms with Crippen LogP contribution in [0.2, 0.25) is 0 Å². The predicted molar refractivity (Wildman–Crippen MR) is 68.7 cm³/mol. The minimum atomic E-state index is 1.01. The molecule has 1 aromatic rings. The van der Waals surface area contributed by atoms with Crippen molar-refractivity contribution in [1.82, 2.24) is 5.32 Å². The van der Waals surface area contributed by atoms with E-state index < -0.39 is 0 Å². The second-order valence-electron chi connectivity index (χ2n) is 4.29. The fraction of sp³-hybridized carbons (Fsp3) is 0.500. The van der Waals surface area contributed by atoms with Crippen LogP contribution in [0.1, 0.15) is 45.4 Å². The molecular formula is C14H19N2. The summed E-state index contributed by atoms with van der Waals surface area (Å²) in [6, 6.07) is 8.09. The van der Waals surface area contributed by atoms with E-state index in [-0.39, 0.29) is 0 Å². The van der Waals surface area contributed by atoms with Crippen LogP contribution in [-0.2, 0) is 0 Å². The molecule has 0 saturated carbocycles. The van der Waals surface area contributed by atoms with Gasteiger partial charge in [0.05, 0.1) is 11.4 Å². The van der Waals surface area contributed by atoms with Gasteiger partial charge in [-0.2, -0.15) is 0 Å². The van der Waals surface area contributed by atoms with Crippen LogP contribution in [-0.4, -0.2) is 5.84 Å². The SMILES string of the molecule is CCCCCCCC1=Nc2ccccc2[N]1. The Kier molecular flexibility index (Phi) is 3.97. The van der Waals surface area contributed by atoms with Gasteiger partial charge in [-0.25, -0.2) is 10.3 Å². The summed E-state index contributed by atoms with van der Waals surface area (Å²) < 4.78 is 0. The number of hydrogen-bond acceptors (Lipinski definition) is 1. The third kappa shape index (κ3) is 2.84. The van der Waals surface area contributed by atoms with E-state index in [0.717, 1.165) is 23.6 Å². The fourth-order valence-corrected chi connectivity index (χ4v) is 1.95. The molecule has 2 nitrogen and oxygen atoms in total. The van der Waals surface area contributed by atoms with Gasteiger partial charge in [-0.15, -0.1) is 0 Å². The van der Waals surface area contributed by atoms with Crippen LogP contribution in [0.4, 0.5) is 11.4 Å². The first-order chi connectivity index (χ1) is 7.90.